The van der Waals surface area contributed by atoms with Crippen molar-refractivity contribution in [1.82, 2.24) is 14.5 Å². The fraction of sp³-hybridized carbons (Fsp3) is 0.292. The number of carbonyl (C=O) groups is 1. The predicted molar refractivity (Wildman–Crippen MR) is 119 cm³/mol. The van der Waals surface area contributed by atoms with E-state index in [1.54, 1.807) is 0 Å². The molecule has 3 rings (SSSR count). The van der Waals surface area contributed by atoms with Gasteiger partial charge in [-0.15, -0.1) is 0 Å². The number of rotatable bonds is 8. The summed E-state index contributed by atoms with van der Waals surface area (Å²) in [7, 11) is 0. The molecule has 0 saturated carbocycles. The summed E-state index contributed by atoms with van der Waals surface area (Å²) in [4.78, 5) is 37.6. The number of nitrogens with one attached hydrogen (secondary N) is 1. The van der Waals surface area contributed by atoms with Crippen LogP contribution in [0.25, 0.3) is 0 Å². The molecule has 0 aliphatic carbocycles. The van der Waals surface area contributed by atoms with Gasteiger partial charge in [0.15, 0.2) is 0 Å². The Morgan fingerprint density at radius 2 is 1.74 bits per heavy atom. The van der Waals surface area contributed by atoms with E-state index in [2.05, 4.69) is 5.32 Å². The molecule has 162 valence electrons. The Labute approximate surface area is 180 Å². The Bertz CT molecular complexity index is 1150. The second-order valence-electron chi connectivity index (χ2n) is 7.66. The van der Waals surface area contributed by atoms with Crippen LogP contribution >= 0.6 is 0 Å². The minimum Gasteiger partial charge on any atom is -0.491 e. The maximum Gasteiger partial charge on any atom is 0.331 e. The van der Waals surface area contributed by atoms with Crippen molar-refractivity contribution >= 4 is 5.91 Å². The molecular formula is C24H27N3O4. The highest BCUT2D eigenvalue weighted by Crippen LogP contribution is 2.20. The van der Waals surface area contributed by atoms with E-state index in [0.29, 0.717) is 6.54 Å². The maximum absolute atomic E-state index is 12.8. The third-order valence-corrected chi connectivity index (χ3v) is 4.74. The van der Waals surface area contributed by atoms with E-state index in [4.69, 9.17) is 4.74 Å². The van der Waals surface area contributed by atoms with E-state index in [9.17, 15) is 14.4 Å². The summed E-state index contributed by atoms with van der Waals surface area (Å²) in [5.74, 6) is 0.302. The van der Waals surface area contributed by atoms with Crippen LogP contribution in [0.5, 0.6) is 5.75 Å². The van der Waals surface area contributed by atoms with Crippen LogP contribution in [0.3, 0.4) is 0 Å². The van der Waals surface area contributed by atoms with Crippen molar-refractivity contribution < 1.29 is 9.53 Å². The van der Waals surface area contributed by atoms with Gasteiger partial charge >= 0.3 is 5.69 Å². The van der Waals surface area contributed by atoms with E-state index in [1.807, 2.05) is 75.4 Å². The van der Waals surface area contributed by atoms with E-state index >= 15 is 0 Å². The number of carbonyl (C=O) groups excluding carboxylic acids is 1. The molecule has 3 aromatic rings. The molecule has 1 atom stereocenters. The van der Waals surface area contributed by atoms with Crippen LogP contribution in [0.15, 0.2) is 76.4 Å². The van der Waals surface area contributed by atoms with Gasteiger partial charge in [0.2, 0.25) is 5.91 Å². The molecule has 31 heavy (non-hydrogen) atoms. The fourth-order valence-corrected chi connectivity index (χ4v) is 3.25. The number of amides is 1. The van der Waals surface area contributed by atoms with Crippen LogP contribution in [-0.4, -0.2) is 21.1 Å². The molecule has 1 unspecified atom stereocenters. The highest BCUT2D eigenvalue weighted by Gasteiger charge is 2.14. The van der Waals surface area contributed by atoms with Crippen molar-refractivity contribution in [1.29, 1.82) is 0 Å². The topological polar surface area (TPSA) is 82.3 Å². The Morgan fingerprint density at radius 3 is 2.45 bits per heavy atom. The van der Waals surface area contributed by atoms with Crippen LogP contribution in [0.4, 0.5) is 0 Å². The molecule has 2 aromatic carbocycles. The quantitative estimate of drug-likeness (QED) is 0.606. The largest absolute Gasteiger partial charge is 0.491 e. The standard InChI is InChI=1S/C24H27N3O4/c1-17(2)31-21-11-7-10-20(14-21)18(3)25-22(28)16-27-23(29)12-13-26(24(27)30)15-19-8-5-4-6-9-19/h4-14,17-18H,15-16H2,1-3H3,(H,25,28). The van der Waals surface area contributed by atoms with Gasteiger partial charge in [-0.25, -0.2) is 4.79 Å². The van der Waals surface area contributed by atoms with Gasteiger partial charge in [-0.3, -0.25) is 18.7 Å². The van der Waals surface area contributed by atoms with Gasteiger partial charge in [0.1, 0.15) is 12.3 Å². The summed E-state index contributed by atoms with van der Waals surface area (Å²) in [6.45, 7) is 5.70. The average Bonchev–Trinajstić information content (AvgIpc) is 2.73. The summed E-state index contributed by atoms with van der Waals surface area (Å²) in [6.07, 6.45) is 1.50. The zero-order valence-electron chi connectivity index (χ0n) is 17.9. The lowest BCUT2D eigenvalue weighted by atomic mass is 10.1. The lowest BCUT2D eigenvalue weighted by Gasteiger charge is -2.17. The molecule has 1 aromatic heterocycles. The first-order chi connectivity index (χ1) is 14.8. The molecular weight excluding hydrogens is 394 g/mol. The predicted octanol–water partition coefficient (Wildman–Crippen LogP) is 2.72. The lowest BCUT2D eigenvalue weighted by molar-refractivity contribution is -0.122. The molecule has 0 radical (unpaired) electrons. The molecule has 1 heterocycles. The highest BCUT2D eigenvalue weighted by molar-refractivity contribution is 5.76. The first-order valence-electron chi connectivity index (χ1n) is 10.2. The van der Waals surface area contributed by atoms with E-state index in [-0.39, 0.29) is 18.7 Å². The number of aromatic nitrogens is 2. The smallest absolute Gasteiger partial charge is 0.331 e. The number of hydrogen-bond donors (Lipinski definition) is 1. The SMILES string of the molecule is CC(C)Oc1cccc(C(C)NC(=O)Cn2c(=O)ccn(Cc3ccccc3)c2=O)c1. The van der Waals surface area contributed by atoms with E-state index < -0.39 is 17.2 Å². The van der Waals surface area contributed by atoms with Gasteiger partial charge in [0, 0.05) is 12.3 Å². The van der Waals surface area contributed by atoms with Gasteiger partial charge in [0.05, 0.1) is 18.7 Å². The Morgan fingerprint density at radius 1 is 1.00 bits per heavy atom. The molecule has 0 fully saturated rings. The number of hydrogen-bond acceptors (Lipinski definition) is 4. The van der Waals surface area contributed by atoms with Gasteiger partial charge < -0.3 is 10.1 Å². The van der Waals surface area contributed by atoms with Crippen molar-refractivity contribution in [3.63, 3.8) is 0 Å². The summed E-state index contributed by atoms with van der Waals surface area (Å²) < 4.78 is 8.06. The lowest BCUT2D eigenvalue weighted by Crippen LogP contribution is -2.43. The van der Waals surface area contributed by atoms with Crippen molar-refractivity contribution in [3.05, 3.63) is 98.8 Å². The molecule has 0 saturated heterocycles. The zero-order valence-corrected chi connectivity index (χ0v) is 17.9. The third-order valence-electron chi connectivity index (χ3n) is 4.74. The Balaban J connectivity index is 1.72. The minimum atomic E-state index is -0.522. The minimum absolute atomic E-state index is 0.0446. The molecule has 1 amide bonds. The fourth-order valence-electron chi connectivity index (χ4n) is 3.25. The normalized spacial score (nSPS) is 11.9. The van der Waals surface area contributed by atoms with Crippen molar-refractivity contribution in [2.75, 3.05) is 0 Å². The van der Waals surface area contributed by atoms with Gasteiger partial charge in [0.25, 0.3) is 5.56 Å². The van der Waals surface area contributed by atoms with Crippen molar-refractivity contribution in [2.24, 2.45) is 0 Å². The number of benzene rings is 2. The molecule has 1 N–H and O–H groups in total. The summed E-state index contributed by atoms with van der Waals surface area (Å²) in [5, 5.41) is 2.85. The molecule has 0 aliphatic heterocycles. The maximum atomic E-state index is 12.8. The van der Waals surface area contributed by atoms with Gasteiger partial charge in [-0.05, 0) is 44.0 Å². The molecule has 0 aliphatic rings. The Hall–Kier alpha value is -3.61. The summed E-state index contributed by atoms with van der Waals surface area (Å²) in [6, 6.07) is 17.9. The van der Waals surface area contributed by atoms with Crippen LogP contribution in [-0.2, 0) is 17.9 Å². The monoisotopic (exact) mass is 421 g/mol. The first kappa shape index (κ1) is 22.1. The molecule has 7 heteroatoms. The zero-order chi connectivity index (χ0) is 22.4. The van der Waals surface area contributed by atoms with Crippen LogP contribution < -0.4 is 21.3 Å². The van der Waals surface area contributed by atoms with E-state index in [1.165, 1.54) is 16.8 Å². The average molecular weight is 421 g/mol. The third kappa shape index (κ3) is 5.94. The summed E-state index contributed by atoms with van der Waals surface area (Å²) >= 11 is 0. The highest BCUT2D eigenvalue weighted by atomic mass is 16.5. The number of nitrogens with zero attached hydrogens (tertiary/aromatic N) is 2. The summed E-state index contributed by atoms with van der Waals surface area (Å²) in [5.41, 5.74) is 0.765. The van der Waals surface area contributed by atoms with Crippen molar-refractivity contribution in [2.45, 2.75) is 46.0 Å². The molecule has 0 bridgehead atoms. The number of ether oxygens (including phenoxy) is 1. The first-order valence-corrected chi connectivity index (χ1v) is 10.2. The van der Waals surface area contributed by atoms with Crippen LogP contribution in [0.2, 0.25) is 0 Å². The van der Waals surface area contributed by atoms with Crippen molar-refractivity contribution in [3.8, 4) is 5.75 Å². The molecule has 7 nitrogen and oxygen atoms in total. The second-order valence-corrected chi connectivity index (χ2v) is 7.66. The van der Waals surface area contributed by atoms with Crippen LogP contribution in [0.1, 0.15) is 37.9 Å². The molecule has 0 spiro atoms. The van der Waals surface area contributed by atoms with Crippen LogP contribution in [0, 0.1) is 0 Å². The van der Waals surface area contributed by atoms with Gasteiger partial charge in [-0.1, -0.05) is 42.5 Å². The second kappa shape index (κ2) is 9.93. The van der Waals surface area contributed by atoms with E-state index in [0.717, 1.165) is 21.4 Å². The van der Waals surface area contributed by atoms with Gasteiger partial charge in [-0.2, -0.15) is 0 Å². The Kier molecular flexibility index (Phi) is 7.07.